The Morgan fingerprint density at radius 3 is 2.78 bits per heavy atom. The number of hydrogen-bond donors (Lipinski definition) is 0. The van der Waals surface area contributed by atoms with E-state index in [9.17, 15) is 9.81 Å². The molecule has 0 aliphatic heterocycles. The van der Waals surface area contributed by atoms with Gasteiger partial charge in [-0.25, -0.2) is 0 Å². The average molecular weight is 273 g/mol. The number of nitrogens with zero attached hydrogens (tertiary/aromatic N) is 2. The zero-order chi connectivity index (χ0) is 13.4. The van der Waals surface area contributed by atoms with Gasteiger partial charge in [0.1, 0.15) is 0 Å². The summed E-state index contributed by atoms with van der Waals surface area (Å²) in [5.74, 6) is 0.209. The van der Waals surface area contributed by atoms with Gasteiger partial charge in [0, 0.05) is 11.3 Å². The van der Waals surface area contributed by atoms with Crippen LogP contribution in [0.5, 0.6) is 0 Å². The fraction of sp³-hybridized carbons (Fsp3) is 0.846. The summed E-state index contributed by atoms with van der Waals surface area (Å²) in [5, 5.41) is 6.19. The minimum Gasteiger partial charge on any atom is -0.151 e. The van der Waals surface area contributed by atoms with Crippen LogP contribution in [0.25, 0.3) is 0 Å². The molecule has 0 bridgehead atoms. The number of rotatable bonds is 8. The molecule has 1 saturated carbocycles. The molecule has 1 aliphatic rings. The van der Waals surface area contributed by atoms with Crippen molar-refractivity contribution >= 4 is 11.6 Å². The molecule has 5 heteroatoms. The summed E-state index contributed by atoms with van der Waals surface area (Å²) >= 11 is 6.02. The Balaban J connectivity index is 2.16. The van der Waals surface area contributed by atoms with Gasteiger partial charge in [0.15, 0.2) is 0 Å². The van der Waals surface area contributed by atoms with E-state index < -0.39 is 0 Å². The summed E-state index contributed by atoms with van der Waals surface area (Å²) < 4.78 is 0. The number of hydrogen-bond acceptors (Lipinski definition) is 4. The minimum absolute atomic E-state index is 0.0792. The maximum atomic E-state index is 10.6. The van der Waals surface area contributed by atoms with E-state index in [1.807, 2.05) is 6.92 Å². The topological polar surface area (TPSA) is 58.9 Å². The summed E-state index contributed by atoms with van der Waals surface area (Å²) in [7, 11) is 0. The third-order valence-corrected chi connectivity index (χ3v) is 3.82. The molecule has 0 unspecified atom stereocenters. The van der Waals surface area contributed by atoms with Crippen molar-refractivity contribution in [3.05, 3.63) is 22.0 Å². The average Bonchev–Trinajstić information content (AvgIpc) is 2.73. The van der Waals surface area contributed by atoms with Crippen molar-refractivity contribution in [3.63, 3.8) is 0 Å². The molecule has 0 aromatic rings. The predicted molar refractivity (Wildman–Crippen MR) is 74.8 cm³/mol. The van der Waals surface area contributed by atoms with Crippen molar-refractivity contribution in [2.45, 2.75) is 62.9 Å². The van der Waals surface area contributed by atoms with Gasteiger partial charge in [-0.05, 0) is 39.0 Å². The van der Waals surface area contributed by atoms with Crippen LogP contribution < -0.4 is 0 Å². The molecule has 0 radical (unpaired) electrons. The SMILES string of the molecule is C[C@H](CCCC/C=C/[C@@H]1C[C@H](Cl)C[C@H]1N=O)N=O. The Morgan fingerprint density at radius 2 is 2.11 bits per heavy atom. The third-order valence-electron chi connectivity index (χ3n) is 3.46. The van der Waals surface area contributed by atoms with Crippen LogP contribution in [0.3, 0.4) is 0 Å². The van der Waals surface area contributed by atoms with Gasteiger partial charge in [-0.1, -0.05) is 28.9 Å². The quantitative estimate of drug-likeness (QED) is 0.284. The number of halogens is 1. The van der Waals surface area contributed by atoms with Crippen molar-refractivity contribution in [2.24, 2.45) is 16.3 Å². The van der Waals surface area contributed by atoms with Crippen LogP contribution in [0.2, 0.25) is 0 Å². The van der Waals surface area contributed by atoms with Crippen LogP contribution in [0, 0.1) is 15.7 Å². The Kier molecular flexibility index (Phi) is 7.09. The Labute approximate surface area is 113 Å². The molecule has 18 heavy (non-hydrogen) atoms. The molecule has 0 spiro atoms. The maximum absolute atomic E-state index is 10.6. The molecule has 1 fully saturated rings. The highest BCUT2D eigenvalue weighted by Gasteiger charge is 2.32. The molecular weight excluding hydrogens is 252 g/mol. The third kappa shape index (κ3) is 5.25. The molecule has 0 aromatic heterocycles. The second-order valence-electron chi connectivity index (χ2n) is 5.07. The fourth-order valence-corrected chi connectivity index (χ4v) is 2.73. The van der Waals surface area contributed by atoms with Gasteiger partial charge >= 0.3 is 0 Å². The van der Waals surface area contributed by atoms with E-state index >= 15 is 0 Å². The molecule has 0 amide bonds. The molecule has 1 rings (SSSR count). The van der Waals surface area contributed by atoms with Crippen LogP contribution in [-0.4, -0.2) is 17.5 Å². The van der Waals surface area contributed by atoms with Crippen molar-refractivity contribution in [2.75, 3.05) is 0 Å². The molecular formula is C13H21ClN2O2. The standard InChI is InChI=1S/C13H21ClN2O2/c1-10(15-17)6-4-2-3-5-7-11-8-12(14)9-13(11)16-18/h5,7,10-13H,2-4,6,8-9H2,1H3/b7-5+/t10-,11-,12+,13-/m1/s1. The van der Waals surface area contributed by atoms with Gasteiger partial charge in [-0.3, -0.25) is 0 Å². The molecule has 0 heterocycles. The lowest BCUT2D eigenvalue weighted by atomic mass is 10.0. The largest absolute Gasteiger partial charge is 0.151 e. The fourth-order valence-electron chi connectivity index (χ4n) is 2.34. The lowest BCUT2D eigenvalue weighted by molar-refractivity contribution is 0.574. The Hall–Kier alpha value is -0.770. The van der Waals surface area contributed by atoms with Gasteiger partial charge in [0.25, 0.3) is 0 Å². The monoisotopic (exact) mass is 272 g/mol. The predicted octanol–water partition coefficient (Wildman–Crippen LogP) is 4.41. The highest BCUT2D eigenvalue weighted by atomic mass is 35.5. The van der Waals surface area contributed by atoms with Gasteiger partial charge in [0.05, 0.1) is 12.1 Å². The first-order valence-corrected chi connectivity index (χ1v) is 7.06. The zero-order valence-corrected chi connectivity index (χ0v) is 11.6. The smallest absolute Gasteiger partial charge is 0.0996 e. The lowest BCUT2D eigenvalue weighted by Gasteiger charge is -2.06. The summed E-state index contributed by atoms with van der Waals surface area (Å²) in [6, 6.07) is -0.229. The van der Waals surface area contributed by atoms with Crippen molar-refractivity contribution in [1.29, 1.82) is 0 Å². The normalized spacial score (nSPS) is 29.6. The summed E-state index contributed by atoms with van der Waals surface area (Å²) in [4.78, 5) is 20.8. The van der Waals surface area contributed by atoms with Gasteiger partial charge < -0.3 is 0 Å². The molecule has 4 atom stereocenters. The van der Waals surface area contributed by atoms with Crippen molar-refractivity contribution in [1.82, 2.24) is 0 Å². The van der Waals surface area contributed by atoms with Crippen molar-refractivity contribution < 1.29 is 0 Å². The lowest BCUT2D eigenvalue weighted by Crippen LogP contribution is -2.07. The minimum atomic E-state index is -0.150. The highest BCUT2D eigenvalue weighted by molar-refractivity contribution is 6.20. The van der Waals surface area contributed by atoms with E-state index in [-0.39, 0.29) is 23.4 Å². The van der Waals surface area contributed by atoms with Gasteiger partial charge in [0.2, 0.25) is 0 Å². The summed E-state index contributed by atoms with van der Waals surface area (Å²) in [5.41, 5.74) is 0. The summed E-state index contributed by atoms with van der Waals surface area (Å²) in [6.45, 7) is 1.84. The van der Waals surface area contributed by atoms with E-state index in [1.54, 1.807) is 0 Å². The van der Waals surface area contributed by atoms with Crippen LogP contribution in [0.4, 0.5) is 0 Å². The van der Waals surface area contributed by atoms with Gasteiger partial charge in [-0.15, -0.1) is 11.6 Å². The highest BCUT2D eigenvalue weighted by Crippen LogP contribution is 2.33. The van der Waals surface area contributed by atoms with Gasteiger partial charge in [-0.2, -0.15) is 9.81 Å². The first kappa shape index (κ1) is 15.3. The Bertz CT molecular complexity index is 297. The number of nitroso groups, excluding NO2 is 2. The van der Waals surface area contributed by atoms with E-state index in [1.165, 1.54) is 0 Å². The van der Waals surface area contributed by atoms with Crippen LogP contribution in [0.15, 0.2) is 22.5 Å². The second kappa shape index (κ2) is 8.35. The zero-order valence-electron chi connectivity index (χ0n) is 10.8. The number of allylic oxidation sites excluding steroid dienone is 1. The number of unbranched alkanes of at least 4 members (excludes halogenated alkanes) is 2. The van der Waals surface area contributed by atoms with E-state index in [0.717, 1.165) is 32.1 Å². The first-order chi connectivity index (χ1) is 8.67. The molecule has 1 aliphatic carbocycles. The first-order valence-electron chi connectivity index (χ1n) is 6.63. The van der Waals surface area contributed by atoms with E-state index in [0.29, 0.717) is 6.42 Å². The number of alkyl halides is 1. The van der Waals surface area contributed by atoms with Crippen LogP contribution in [-0.2, 0) is 0 Å². The van der Waals surface area contributed by atoms with Crippen LogP contribution >= 0.6 is 11.6 Å². The molecule has 0 N–H and O–H groups in total. The molecule has 0 saturated heterocycles. The summed E-state index contributed by atoms with van der Waals surface area (Å²) in [6.07, 6.45) is 9.61. The molecule has 102 valence electrons. The Morgan fingerprint density at radius 1 is 1.33 bits per heavy atom. The van der Waals surface area contributed by atoms with E-state index in [2.05, 4.69) is 22.5 Å². The van der Waals surface area contributed by atoms with Crippen molar-refractivity contribution in [3.8, 4) is 0 Å². The molecule has 0 aromatic carbocycles. The maximum Gasteiger partial charge on any atom is 0.0996 e. The van der Waals surface area contributed by atoms with E-state index in [4.69, 9.17) is 11.6 Å². The van der Waals surface area contributed by atoms with Crippen LogP contribution in [0.1, 0.15) is 45.4 Å². The second-order valence-corrected chi connectivity index (χ2v) is 5.69. The molecule has 4 nitrogen and oxygen atoms in total.